The van der Waals surface area contributed by atoms with Crippen LogP contribution in [0.4, 0.5) is 9.18 Å². The number of nitrogens with zero attached hydrogens (tertiary/aromatic N) is 2. The van der Waals surface area contributed by atoms with E-state index in [0.717, 1.165) is 0 Å². The number of hydrogen-bond acceptors (Lipinski definition) is 6. The zero-order valence-electron chi connectivity index (χ0n) is 20.8. The van der Waals surface area contributed by atoms with E-state index in [1.165, 1.54) is 4.90 Å². The maximum atomic E-state index is 14.9. The number of ether oxygens (including phenoxy) is 2. The van der Waals surface area contributed by atoms with Gasteiger partial charge in [-0.25, -0.2) is 9.18 Å². The van der Waals surface area contributed by atoms with Gasteiger partial charge in [0.15, 0.2) is 6.17 Å². The lowest BCUT2D eigenvalue weighted by Crippen LogP contribution is -2.50. The molecule has 2 fully saturated rings. The van der Waals surface area contributed by atoms with E-state index in [4.69, 9.17) is 18.8 Å². The summed E-state index contributed by atoms with van der Waals surface area (Å²) in [6.07, 6.45) is -2.41. The molecule has 2 heterocycles. The first-order valence-electron chi connectivity index (χ1n) is 11.3. The second kappa shape index (κ2) is 8.81. The van der Waals surface area contributed by atoms with Crippen LogP contribution in [0.15, 0.2) is 12.1 Å². The van der Waals surface area contributed by atoms with Crippen molar-refractivity contribution < 1.29 is 28.0 Å². The van der Waals surface area contributed by atoms with Gasteiger partial charge in [0.2, 0.25) is 0 Å². The van der Waals surface area contributed by atoms with Gasteiger partial charge in [-0.2, -0.15) is 5.26 Å². The molecule has 7 nitrogen and oxygen atoms in total. The summed E-state index contributed by atoms with van der Waals surface area (Å²) in [6.45, 7) is 15.2. The first-order chi connectivity index (χ1) is 15.1. The Morgan fingerprint density at radius 3 is 2.36 bits per heavy atom. The number of amides is 1. The Labute approximate surface area is 196 Å². The number of rotatable bonds is 3. The molecule has 2 atom stereocenters. The monoisotopic (exact) mass is 460 g/mol. The highest BCUT2D eigenvalue weighted by Gasteiger charge is 2.52. The fourth-order valence-electron chi connectivity index (χ4n) is 3.82. The molecule has 0 radical (unpaired) electrons. The number of carbonyl (C=O) groups is 1. The summed E-state index contributed by atoms with van der Waals surface area (Å²) >= 11 is 0. The van der Waals surface area contributed by atoms with Gasteiger partial charge in [-0.05, 0) is 72.5 Å². The summed E-state index contributed by atoms with van der Waals surface area (Å²) in [7, 11) is -0.610. The number of likely N-dealkylation sites (tertiary alicyclic amines) is 1. The van der Waals surface area contributed by atoms with Crippen LogP contribution in [-0.2, 0) is 14.0 Å². The molecule has 2 aliphatic heterocycles. The topological polar surface area (TPSA) is 81.0 Å². The second-order valence-electron chi connectivity index (χ2n) is 10.8. The van der Waals surface area contributed by atoms with Crippen LogP contribution in [0.1, 0.15) is 66.0 Å². The molecule has 0 spiro atoms. The van der Waals surface area contributed by atoms with E-state index in [1.807, 2.05) is 40.7 Å². The predicted molar refractivity (Wildman–Crippen MR) is 123 cm³/mol. The quantitative estimate of drug-likeness (QED) is 0.637. The van der Waals surface area contributed by atoms with E-state index in [2.05, 4.69) is 6.07 Å². The van der Waals surface area contributed by atoms with Crippen molar-refractivity contribution in [1.82, 2.24) is 4.90 Å². The summed E-state index contributed by atoms with van der Waals surface area (Å²) < 4.78 is 38.5. The summed E-state index contributed by atoms with van der Waals surface area (Å²) in [4.78, 5) is 13.6. The van der Waals surface area contributed by atoms with Crippen molar-refractivity contribution in [3.63, 3.8) is 0 Å². The van der Waals surface area contributed by atoms with Crippen molar-refractivity contribution in [2.75, 3.05) is 13.1 Å². The second-order valence-corrected chi connectivity index (χ2v) is 10.8. The lowest BCUT2D eigenvalue weighted by Gasteiger charge is -2.36. The average Bonchev–Trinajstić information content (AvgIpc) is 2.90. The van der Waals surface area contributed by atoms with Crippen LogP contribution in [0.5, 0.6) is 5.75 Å². The highest BCUT2D eigenvalue weighted by molar-refractivity contribution is 6.62. The van der Waals surface area contributed by atoms with Crippen molar-refractivity contribution in [1.29, 1.82) is 5.26 Å². The zero-order chi connectivity index (χ0) is 24.8. The normalized spacial score (nSPS) is 24.4. The Kier molecular flexibility index (Phi) is 6.76. The fourth-order valence-corrected chi connectivity index (χ4v) is 3.82. The van der Waals surface area contributed by atoms with E-state index < -0.39 is 42.3 Å². The van der Waals surface area contributed by atoms with Gasteiger partial charge in [0.1, 0.15) is 23.5 Å². The molecule has 1 amide bonds. The molecule has 2 aliphatic rings. The van der Waals surface area contributed by atoms with Crippen LogP contribution in [-0.4, -0.2) is 60.3 Å². The molecule has 0 bridgehead atoms. The molecule has 2 unspecified atom stereocenters. The standard InChI is InChI=1S/C24H34BFN2O5/c1-15-11-17(25-32-23(5,6)24(7,8)33-25)12-16(13-27)20(15)30-19-9-10-28(14-18(19)26)21(29)31-22(2,3)4/h11-12,18-19H,9-10,14H2,1-8H3. The van der Waals surface area contributed by atoms with E-state index in [1.54, 1.807) is 26.8 Å². The number of hydrogen-bond donors (Lipinski definition) is 0. The Bertz CT molecular complexity index is 937. The minimum atomic E-state index is -1.40. The maximum Gasteiger partial charge on any atom is 0.494 e. The van der Waals surface area contributed by atoms with Crippen LogP contribution in [0.3, 0.4) is 0 Å². The smallest absolute Gasteiger partial charge is 0.486 e. The first kappa shape index (κ1) is 25.3. The molecule has 1 aromatic rings. The maximum absolute atomic E-state index is 14.9. The van der Waals surface area contributed by atoms with Crippen LogP contribution in [0, 0.1) is 18.3 Å². The summed E-state index contributed by atoms with van der Waals surface area (Å²) in [5.74, 6) is 0.344. The van der Waals surface area contributed by atoms with Crippen LogP contribution in [0.25, 0.3) is 0 Å². The average molecular weight is 460 g/mol. The third-order valence-corrected chi connectivity index (χ3v) is 6.35. The molecule has 33 heavy (non-hydrogen) atoms. The van der Waals surface area contributed by atoms with Crippen LogP contribution in [0.2, 0.25) is 0 Å². The van der Waals surface area contributed by atoms with Gasteiger partial charge in [-0.1, -0.05) is 6.07 Å². The summed E-state index contributed by atoms with van der Waals surface area (Å²) in [5, 5.41) is 9.76. The Balaban J connectivity index is 1.74. The minimum Gasteiger partial charge on any atom is -0.486 e. The lowest BCUT2D eigenvalue weighted by atomic mass is 9.77. The molecule has 1 aromatic carbocycles. The van der Waals surface area contributed by atoms with Crippen molar-refractivity contribution in [2.24, 2.45) is 0 Å². The number of halogens is 1. The Hall–Kier alpha value is -2.31. The largest absolute Gasteiger partial charge is 0.494 e. The van der Waals surface area contributed by atoms with Gasteiger partial charge in [-0.15, -0.1) is 0 Å². The Morgan fingerprint density at radius 1 is 1.24 bits per heavy atom. The molecule has 0 saturated carbocycles. The molecule has 3 rings (SSSR count). The van der Waals surface area contributed by atoms with Crippen molar-refractivity contribution in [3.05, 3.63) is 23.3 Å². The van der Waals surface area contributed by atoms with Gasteiger partial charge >= 0.3 is 13.2 Å². The van der Waals surface area contributed by atoms with E-state index in [9.17, 15) is 14.4 Å². The van der Waals surface area contributed by atoms with Gasteiger partial charge < -0.3 is 23.7 Å². The summed E-state index contributed by atoms with van der Waals surface area (Å²) in [6, 6.07) is 5.68. The first-order valence-corrected chi connectivity index (χ1v) is 11.3. The number of aryl methyl sites for hydroxylation is 1. The van der Waals surface area contributed by atoms with Gasteiger partial charge in [0, 0.05) is 13.0 Å². The molecule has 9 heteroatoms. The van der Waals surface area contributed by atoms with Gasteiger partial charge in [0.25, 0.3) is 0 Å². The Morgan fingerprint density at radius 2 is 1.85 bits per heavy atom. The van der Waals surface area contributed by atoms with Gasteiger partial charge in [0.05, 0.1) is 23.3 Å². The third-order valence-electron chi connectivity index (χ3n) is 6.35. The molecular formula is C24H34BFN2O5. The molecule has 2 saturated heterocycles. The van der Waals surface area contributed by atoms with Gasteiger partial charge in [-0.3, -0.25) is 0 Å². The molecule has 0 aliphatic carbocycles. The highest BCUT2D eigenvalue weighted by atomic mass is 19.1. The third kappa shape index (κ3) is 5.44. The number of benzene rings is 1. The van der Waals surface area contributed by atoms with E-state index in [0.29, 0.717) is 35.3 Å². The number of carbonyl (C=O) groups excluding carboxylic acids is 1. The van der Waals surface area contributed by atoms with Crippen molar-refractivity contribution in [3.8, 4) is 11.8 Å². The van der Waals surface area contributed by atoms with E-state index in [-0.39, 0.29) is 6.54 Å². The minimum absolute atomic E-state index is 0.119. The number of alkyl halides is 1. The SMILES string of the molecule is Cc1cc(B2OC(C)(C)C(C)(C)O2)cc(C#N)c1OC1CCN(C(=O)OC(C)(C)C)CC1F. The fraction of sp³-hybridized carbons (Fsp3) is 0.667. The molecular weight excluding hydrogens is 426 g/mol. The van der Waals surface area contributed by atoms with Crippen molar-refractivity contribution >= 4 is 18.7 Å². The molecule has 0 aromatic heterocycles. The van der Waals surface area contributed by atoms with Crippen molar-refractivity contribution in [2.45, 2.75) is 90.9 Å². The number of nitriles is 1. The van der Waals surface area contributed by atoms with Crippen LogP contribution >= 0.6 is 0 Å². The van der Waals surface area contributed by atoms with Crippen LogP contribution < -0.4 is 10.2 Å². The van der Waals surface area contributed by atoms with E-state index >= 15 is 0 Å². The highest BCUT2D eigenvalue weighted by Crippen LogP contribution is 2.37. The number of piperidine rings is 1. The predicted octanol–water partition coefficient (Wildman–Crippen LogP) is 3.89. The molecule has 180 valence electrons. The summed E-state index contributed by atoms with van der Waals surface area (Å²) in [5.41, 5.74) is 0.0518. The molecule has 0 N–H and O–H groups in total. The lowest BCUT2D eigenvalue weighted by molar-refractivity contribution is -0.0107. The zero-order valence-corrected chi connectivity index (χ0v) is 20.8.